The van der Waals surface area contributed by atoms with Crippen LogP contribution in [0.4, 0.5) is 4.79 Å². The van der Waals surface area contributed by atoms with Gasteiger partial charge in [0.15, 0.2) is 11.9 Å². The van der Waals surface area contributed by atoms with Crippen LogP contribution in [0, 0.1) is 23.7 Å². The fraction of sp³-hybridized carbons (Fsp3) is 0.550. The SMILES string of the molecule is CCC(C)C(NCC(C)NC(=O)OCC1c2ccccc2-c2ccccc21)[C@@H](C)CC/C=C(\C)C(=O)O[C@H](CC(C)C)C(=O)N[C@H](C)C(=O)N(C)C(Cc1ccccc1)C(=O)N(C)CC(=O)N[C@H](C(C)=O)C(C)CC. The van der Waals surface area contributed by atoms with Crippen LogP contribution in [0.5, 0.6) is 0 Å². The molecule has 0 bridgehead atoms. The Balaban J connectivity index is 1.32. The lowest BCUT2D eigenvalue weighted by atomic mass is 9.85. The minimum atomic E-state index is -1.19. The summed E-state index contributed by atoms with van der Waals surface area (Å²) in [5.41, 5.74) is 5.81. The maximum Gasteiger partial charge on any atom is 0.407 e. The number of nitrogens with zero attached hydrogens (tertiary/aromatic N) is 2. The molecule has 15 nitrogen and oxygen atoms in total. The third-order valence-electron chi connectivity index (χ3n) is 14.7. The van der Waals surface area contributed by atoms with E-state index in [1.54, 1.807) is 6.92 Å². The maximum absolute atomic E-state index is 14.1. The standard InChI is InChI=1S/C60H86N6O9/c1-14-38(5)54(61-34-42(9)62-60(73)74-36-50-48-30-21-19-28-46(48)47-29-20-22-31-49(47)50)40(7)24-23-25-41(8)59(72)75-52(32-37(3)4)56(69)63-43(10)57(70)66(13)51(33-45-26-17-16-18-27-45)58(71)65(12)35-53(68)64-55(44(11)67)39(6)15-2/h16-22,25-31,37-40,42-43,50-52,54-55,61H,14-15,23-24,32-36H2,1-13H3,(H,62,73)(H,63,69)(H,64,68)/b41-25+/t38?,39?,40-,42?,43+,51?,52+,54?,55-/m0/s1. The van der Waals surface area contributed by atoms with Crippen molar-refractivity contribution in [2.75, 3.05) is 33.8 Å². The molecule has 4 N–H and O–H groups in total. The fourth-order valence-electron chi connectivity index (χ4n) is 9.81. The molecular formula is C60H86N6O9. The first-order chi connectivity index (χ1) is 35.6. The lowest BCUT2D eigenvalue weighted by Gasteiger charge is -2.33. The molecule has 3 aromatic carbocycles. The molecule has 1 aliphatic rings. The van der Waals surface area contributed by atoms with Gasteiger partial charge in [-0.1, -0.05) is 146 Å². The minimum Gasteiger partial charge on any atom is -0.449 e. The summed E-state index contributed by atoms with van der Waals surface area (Å²) in [6.07, 6.45) is 3.49. The Morgan fingerprint density at radius 2 is 1.29 bits per heavy atom. The summed E-state index contributed by atoms with van der Waals surface area (Å²) >= 11 is 0. The lowest BCUT2D eigenvalue weighted by Crippen LogP contribution is -2.56. The average Bonchev–Trinajstić information content (AvgIpc) is 3.70. The zero-order valence-electron chi connectivity index (χ0n) is 46.9. The van der Waals surface area contributed by atoms with Gasteiger partial charge in [0.2, 0.25) is 17.7 Å². The molecule has 0 saturated carbocycles. The highest BCUT2D eigenvalue weighted by Crippen LogP contribution is 2.44. The van der Waals surface area contributed by atoms with E-state index in [0.717, 1.165) is 29.5 Å². The van der Waals surface area contributed by atoms with E-state index in [1.165, 1.54) is 48.9 Å². The van der Waals surface area contributed by atoms with Gasteiger partial charge in [-0.2, -0.15) is 0 Å². The molecule has 0 radical (unpaired) electrons. The summed E-state index contributed by atoms with van der Waals surface area (Å²) in [4.78, 5) is 96.5. The zero-order chi connectivity index (χ0) is 55.5. The Hall–Kier alpha value is -6.35. The van der Waals surface area contributed by atoms with Crippen LogP contribution in [-0.4, -0.2) is 121 Å². The highest BCUT2D eigenvalue weighted by Gasteiger charge is 2.36. The number of fused-ring (bicyclic) bond motifs is 3. The molecule has 0 heterocycles. The Labute approximate surface area is 446 Å². The number of esters is 1. The number of alkyl carbamates (subject to hydrolysis) is 1. The Bertz CT molecular complexity index is 2380. The second kappa shape index (κ2) is 29.7. The molecule has 15 heteroatoms. The van der Waals surface area contributed by atoms with Gasteiger partial charge in [0.1, 0.15) is 18.7 Å². The Morgan fingerprint density at radius 3 is 1.87 bits per heavy atom. The number of benzene rings is 3. The molecule has 0 spiro atoms. The normalized spacial score (nSPS) is 15.8. The van der Waals surface area contributed by atoms with E-state index < -0.39 is 59.9 Å². The predicted octanol–water partition coefficient (Wildman–Crippen LogP) is 8.39. The highest BCUT2D eigenvalue weighted by atomic mass is 16.6. The van der Waals surface area contributed by atoms with Crippen molar-refractivity contribution in [3.05, 3.63) is 107 Å². The molecular weight excluding hydrogens is 949 g/mol. The number of nitrogens with one attached hydrogen (secondary N) is 4. The summed E-state index contributed by atoms with van der Waals surface area (Å²) in [6, 6.07) is 22.7. The first-order valence-corrected chi connectivity index (χ1v) is 27.0. The maximum atomic E-state index is 14.1. The zero-order valence-corrected chi connectivity index (χ0v) is 46.9. The van der Waals surface area contributed by atoms with Gasteiger partial charge in [0.05, 0.1) is 12.6 Å². The van der Waals surface area contributed by atoms with Crippen LogP contribution < -0.4 is 21.3 Å². The van der Waals surface area contributed by atoms with Gasteiger partial charge in [-0.05, 0) is 98.4 Å². The van der Waals surface area contributed by atoms with Gasteiger partial charge in [-0.15, -0.1) is 0 Å². The number of Topliss-reactive ketones (excluding diaryl/α,β-unsaturated/α-hetero) is 1. The monoisotopic (exact) mass is 1030 g/mol. The molecule has 0 fully saturated rings. The molecule has 4 rings (SSSR count). The quantitative estimate of drug-likeness (QED) is 0.0388. The molecule has 75 heavy (non-hydrogen) atoms. The number of ether oxygens (including phenoxy) is 2. The number of carbonyl (C=O) groups excluding carboxylic acids is 7. The van der Waals surface area contributed by atoms with Gasteiger partial charge < -0.3 is 40.5 Å². The molecule has 5 unspecified atom stereocenters. The van der Waals surface area contributed by atoms with Gasteiger partial charge >= 0.3 is 12.1 Å². The number of amides is 5. The van der Waals surface area contributed by atoms with E-state index in [-0.39, 0.29) is 67.5 Å². The summed E-state index contributed by atoms with van der Waals surface area (Å²) < 4.78 is 11.6. The van der Waals surface area contributed by atoms with E-state index in [9.17, 15) is 33.6 Å². The van der Waals surface area contributed by atoms with E-state index in [1.807, 2.05) is 95.3 Å². The second-order valence-corrected chi connectivity index (χ2v) is 21.3. The van der Waals surface area contributed by atoms with Crippen LogP contribution in [0.2, 0.25) is 0 Å². The van der Waals surface area contributed by atoms with Crippen LogP contribution in [0.1, 0.15) is 131 Å². The topological polar surface area (TPSA) is 193 Å². The molecule has 1 aliphatic carbocycles. The summed E-state index contributed by atoms with van der Waals surface area (Å²) in [7, 11) is 2.95. The molecule has 0 saturated heterocycles. The van der Waals surface area contributed by atoms with Gasteiger partial charge in [-0.3, -0.25) is 24.0 Å². The Morgan fingerprint density at radius 1 is 0.707 bits per heavy atom. The highest BCUT2D eigenvalue weighted by molar-refractivity contribution is 5.96. The smallest absolute Gasteiger partial charge is 0.407 e. The number of allylic oxidation sites excluding steroid dienone is 1. The van der Waals surface area contributed by atoms with Crippen molar-refractivity contribution >= 4 is 41.5 Å². The number of likely N-dealkylation sites (N-methyl/N-ethyl adjacent to an activating group) is 2. The summed E-state index contributed by atoms with van der Waals surface area (Å²) in [5, 5.41) is 12.2. The van der Waals surface area contributed by atoms with Crippen LogP contribution in [-0.2, 0) is 44.7 Å². The molecule has 3 aromatic rings. The molecule has 0 aliphatic heterocycles. The summed E-state index contributed by atoms with van der Waals surface area (Å²) in [5.74, 6) is -2.64. The number of hydrogen-bond acceptors (Lipinski definition) is 10. The van der Waals surface area contributed by atoms with Crippen molar-refractivity contribution in [1.82, 2.24) is 31.1 Å². The van der Waals surface area contributed by atoms with Crippen LogP contribution in [0.15, 0.2) is 90.5 Å². The largest absolute Gasteiger partial charge is 0.449 e. The number of carbonyl (C=O) groups is 7. The van der Waals surface area contributed by atoms with E-state index >= 15 is 0 Å². The number of ketones is 1. The van der Waals surface area contributed by atoms with E-state index in [0.29, 0.717) is 30.9 Å². The van der Waals surface area contributed by atoms with Gasteiger partial charge in [0.25, 0.3) is 5.91 Å². The molecule has 0 aromatic heterocycles. The van der Waals surface area contributed by atoms with Crippen LogP contribution in [0.25, 0.3) is 11.1 Å². The lowest BCUT2D eigenvalue weighted by molar-refractivity contribution is -0.154. The predicted molar refractivity (Wildman–Crippen MR) is 294 cm³/mol. The Kier molecular flexibility index (Phi) is 24.2. The first kappa shape index (κ1) is 61.2. The van der Waals surface area contributed by atoms with E-state index in [2.05, 4.69) is 66.3 Å². The fourth-order valence-corrected chi connectivity index (χ4v) is 9.81. The van der Waals surface area contributed by atoms with Crippen molar-refractivity contribution in [2.24, 2.45) is 23.7 Å². The first-order valence-electron chi connectivity index (χ1n) is 27.0. The van der Waals surface area contributed by atoms with Crippen LogP contribution in [0.3, 0.4) is 0 Å². The molecule has 9 atom stereocenters. The second-order valence-electron chi connectivity index (χ2n) is 21.3. The number of hydrogen-bond donors (Lipinski definition) is 4. The van der Waals surface area contributed by atoms with Gasteiger partial charge in [-0.25, -0.2) is 9.59 Å². The third-order valence-corrected chi connectivity index (χ3v) is 14.7. The molecule has 5 amide bonds. The van der Waals surface area contributed by atoms with Gasteiger partial charge in [0, 0.05) is 50.6 Å². The third kappa shape index (κ3) is 17.9. The van der Waals surface area contributed by atoms with Crippen molar-refractivity contribution in [2.45, 2.75) is 157 Å². The van der Waals surface area contributed by atoms with Crippen molar-refractivity contribution < 1.29 is 43.0 Å². The summed E-state index contributed by atoms with van der Waals surface area (Å²) in [6.45, 7) is 21.1. The van der Waals surface area contributed by atoms with Crippen LogP contribution >= 0.6 is 0 Å². The molecule has 410 valence electrons. The van der Waals surface area contributed by atoms with Crippen molar-refractivity contribution in [3.8, 4) is 11.1 Å². The van der Waals surface area contributed by atoms with E-state index in [4.69, 9.17) is 9.47 Å². The minimum absolute atomic E-state index is 0.0231. The number of rotatable bonds is 29. The van der Waals surface area contributed by atoms with Crippen molar-refractivity contribution in [1.29, 1.82) is 0 Å². The average molecular weight is 1040 g/mol. The van der Waals surface area contributed by atoms with Crippen molar-refractivity contribution in [3.63, 3.8) is 0 Å².